The van der Waals surface area contributed by atoms with Crippen molar-refractivity contribution in [1.82, 2.24) is 4.90 Å². The van der Waals surface area contributed by atoms with Crippen molar-refractivity contribution in [3.05, 3.63) is 35.4 Å². The lowest BCUT2D eigenvalue weighted by atomic mass is 9.90. The fourth-order valence-corrected chi connectivity index (χ4v) is 2.60. The topological polar surface area (TPSA) is 3.24 Å². The Kier molecular flexibility index (Phi) is 4.00. The summed E-state index contributed by atoms with van der Waals surface area (Å²) < 4.78 is 0. The summed E-state index contributed by atoms with van der Waals surface area (Å²) in [6.45, 7) is 4.81. The van der Waals surface area contributed by atoms with Gasteiger partial charge in [-0.1, -0.05) is 24.3 Å². The van der Waals surface area contributed by atoms with Crippen LogP contribution in [0.3, 0.4) is 0 Å². The Hall–Kier alpha value is -0.820. The third-order valence-corrected chi connectivity index (χ3v) is 3.92. The summed E-state index contributed by atoms with van der Waals surface area (Å²) in [6, 6.07) is 8.81. The largest absolute Gasteiger partial charge is 0.306 e. The van der Waals surface area contributed by atoms with Crippen LogP contribution in [-0.2, 0) is 6.42 Å². The summed E-state index contributed by atoms with van der Waals surface area (Å²) in [5.74, 6) is 0.954. The monoisotopic (exact) mass is 217 g/mol. The van der Waals surface area contributed by atoms with Crippen molar-refractivity contribution in [2.75, 3.05) is 20.1 Å². The van der Waals surface area contributed by atoms with Crippen molar-refractivity contribution in [2.24, 2.45) is 5.92 Å². The zero-order valence-corrected chi connectivity index (χ0v) is 10.6. The predicted octanol–water partition coefficient (Wildman–Crippen LogP) is 3.27. The van der Waals surface area contributed by atoms with Crippen LogP contribution < -0.4 is 0 Å². The van der Waals surface area contributed by atoms with E-state index in [1.165, 1.54) is 44.3 Å². The van der Waals surface area contributed by atoms with Gasteiger partial charge < -0.3 is 4.90 Å². The van der Waals surface area contributed by atoms with Crippen LogP contribution in [0.1, 0.15) is 30.4 Å². The van der Waals surface area contributed by atoms with Crippen LogP contribution in [-0.4, -0.2) is 25.0 Å². The lowest BCUT2D eigenvalue weighted by molar-refractivity contribution is 0.212. The quantitative estimate of drug-likeness (QED) is 0.751. The van der Waals surface area contributed by atoms with Crippen molar-refractivity contribution >= 4 is 0 Å². The highest BCUT2D eigenvalue weighted by atomic mass is 15.1. The Balaban J connectivity index is 1.81. The van der Waals surface area contributed by atoms with E-state index in [2.05, 4.69) is 43.1 Å². The van der Waals surface area contributed by atoms with Gasteiger partial charge in [0, 0.05) is 0 Å². The van der Waals surface area contributed by atoms with Crippen LogP contribution in [0.2, 0.25) is 0 Å². The highest BCUT2D eigenvalue weighted by Gasteiger charge is 2.16. The summed E-state index contributed by atoms with van der Waals surface area (Å²) in [7, 11) is 2.23. The van der Waals surface area contributed by atoms with Crippen molar-refractivity contribution in [3.8, 4) is 0 Å². The molecular weight excluding hydrogens is 194 g/mol. The predicted molar refractivity (Wildman–Crippen MR) is 69.7 cm³/mol. The molecule has 0 bridgehead atoms. The Labute approximate surface area is 99.5 Å². The number of hydrogen-bond donors (Lipinski definition) is 0. The van der Waals surface area contributed by atoms with E-state index >= 15 is 0 Å². The Morgan fingerprint density at radius 1 is 1.19 bits per heavy atom. The van der Waals surface area contributed by atoms with E-state index in [9.17, 15) is 0 Å². The Bertz CT molecular complexity index is 324. The number of likely N-dealkylation sites (tertiary alicyclic amines) is 1. The molecule has 1 heteroatoms. The molecule has 1 aromatic carbocycles. The van der Waals surface area contributed by atoms with E-state index in [0.717, 1.165) is 5.92 Å². The second-order valence-electron chi connectivity index (χ2n) is 5.21. The normalized spacial score (nSPS) is 18.9. The lowest BCUT2D eigenvalue weighted by Crippen LogP contribution is -2.30. The lowest BCUT2D eigenvalue weighted by Gasteiger charge is -2.29. The van der Waals surface area contributed by atoms with Gasteiger partial charge in [-0.25, -0.2) is 0 Å². The molecule has 1 aliphatic heterocycles. The maximum atomic E-state index is 2.45. The van der Waals surface area contributed by atoms with E-state index < -0.39 is 0 Å². The fraction of sp³-hybridized carbons (Fsp3) is 0.600. The fourth-order valence-electron chi connectivity index (χ4n) is 2.60. The third kappa shape index (κ3) is 3.08. The van der Waals surface area contributed by atoms with Crippen LogP contribution >= 0.6 is 0 Å². The van der Waals surface area contributed by atoms with Gasteiger partial charge in [-0.05, 0) is 69.8 Å². The molecule has 0 spiro atoms. The highest BCUT2D eigenvalue weighted by molar-refractivity contribution is 5.25. The first kappa shape index (κ1) is 11.7. The number of nitrogens with zero attached hydrogens (tertiary/aromatic N) is 1. The summed E-state index contributed by atoms with van der Waals surface area (Å²) in [5, 5.41) is 0. The zero-order valence-electron chi connectivity index (χ0n) is 10.6. The van der Waals surface area contributed by atoms with Crippen LogP contribution in [0.5, 0.6) is 0 Å². The average Bonchev–Trinajstić information content (AvgIpc) is 2.30. The maximum absolute atomic E-state index is 2.45. The van der Waals surface area contributed by atoms with Gasteiger partial charge in [0.25, 0.3) is 0 Å². The third-order valence-electron chi connectivity index (χ3n) is 3.92. The Morgan fingerprint density at radius 2 is 1.88 bits per heavy atom. The minimum atomic E-state index is 0.954. The molecule has 88 valence electrons. The molecule has 0 unspecified atom stereocenters. The molecule has 16 heavy (non-hydrogen) atoms. The Morgan fingerprint density at radius 3 is 2.56 bits per heavy atom. The summed E-state index contributed by atoms with van der Waals surface area (Å²) in [4.78, 5) is 2.45. The summed E-state index contributed by atoms with van der Waals surface area (Å²) in [6.07, 6.45) is 5.42. The van der Waals surface area contributed by atoms with Gasteiger partial charge in [-0.15, -0.1) is 0 Å². The first-order valence-corrected chi connectivity index (χ1v) is 6.49. The van der Waals surface area contributed by atoms with Crippen molar-refractivity contribution < 1.29 is 0 Å². The summed E-state index contributed by atoms with van der Waals surface area (Å²) in [5.41, 5.74) is 3.00. The van der Waals surface area contributed by atoms with Crippen LogP contribution in [0, 0.1) is 12.8 Å². The molecule has 0 amide bonds. The second-order valence-corrected chi connectivity index (χ2v) is 5.21. The standard InChI is InChI=1S/C15H23N/c1-13-5-3-4-6-15(13)8-7-14-9-11-16(2)12-10-14/h3-6,14H,7-12H2,1-2H3. The molecule has 1 nitrogen and oxygen atoms in total. The van der Waals surface area contributed by atoms with Crippen LogP contribution in [0.15, 0.2) is 24.3 Å². The first-order chi connectivity index (χ1) is 7.75. The average molecular weight is 217 g/mol. The van der Waals surface area contributed by atoms with Gasteiger partial charge in [0.1, 0.15) is 0 Å². The minimum Gasteiger partial charge on any atom is -0.306 e. The smallest absolute Gasteiger partial charge is 0.00191 e. The SMILES string of the molecule is Cc1ccccc1CCC1CCN(C)CC1. The molecule has 0 N–H and O–H groups in total. The number of benzene rings is 1. The molecule has 1 fully saturated rings. The molecule has 0 saturated carbocycles. The van der Waals surface area contributed by atoms with E-state index in [1.54, 1.807) is 5.56 Å². The van der Waals surface area contributed by atoms with E-state index in [0.29, 0.717) is 0 Å². The summed E-state index contributed by atoms with van der Waals surface area (Å²) >= 11 is 0. The molecule has 0 aliphatic carbocycles. The van der Waals surface area contributed by atoms with E-state index in [-0.39, 0.29) is 0 Å². The van der Waals surface area contributed by atoms with E-state index in [4.69, 9.17) is 0 Å². The van der Waals surface area contributed by atoms with Gasteiger partial charge in [0.15, 0.2) is 0 Å². The number of rotatable bonds is 3. The first-order valence-electron chi connectivity index (χ1n) is 6.49. The molecular formula is C15H23N. The maximum Gasteiger partial charge on any atom is -0.00191 e. The number of aryl methyl sites for hydroxylation is 2. The minimum absolute atomic E-state index is 0.954. The van der Waals surface area contributed by atoms with Gasteiger partial charge in [-0.3, -0.25) is 0 Å². The van der Waals surface area contributed by atoms with Gasteiger partial charge in [-0.2, -0.15) is 0 Å². The van der Waals surface area contributed by atoms with Gasteiger partial charge >= 0.3 is 0 Å². The molecule has 1 saturated heterocycles. The molecule has 0 radical (unpaired) electrons. The van der Waals surface area contributed by atoms with Crippen LogP contribution in [0.25, 0.3) is 0 Å². The van der Waals surface area contributed by atoms with Crippen LogP contribution in [0.4, 0.5) is 0 Å². The molecule has 0 aromatic heterocycles. The number of piperidine rings is 1. The van der Waals surface area contributed by atoms with Crippen molar-refractivity contribution in [2.45, 2.75) is 32.6 Å². The molecule has 1 aromatic rings. The molecule has 1 heterocycles. The van der Waals surface area contributed by atoms with Crippen molar-refractivity contribution in [3.63, 3.8) is 0 Å². The molecule has 0 atom stereocenters. The molecule has 2 rings (SSSR count). The van der Waals surface area contributed by atoms with Gasteiger partial charge in [0.2, 0.25) is 0 Å². The highest BCUT2D eigenvalue weighted by Crippen LogP contribution is 2.22. The zero-order chi connectivity index (χ0) is 11.4. The van der Waals surface area contributed by atoms with Gasteiger partial charge in [0.05, 0.1) is 0 Å². The second kappa shape index (κ2) is 5.49. The van der Waals surface area contributed by atoms with E-state index in [1.807, 2.05) is 0 Å². The van der Waals surface area contributed by atoms with Crippen molar-refractivity contribution in [1.29, 1.82) is 0 Å². The molecule has 1 aliphatic rings. The number of hydrogen-bond acceptors (Lipinski definition) is 1.